The minimum absolute atomic E-state index is 0.167. The third-order valence-corrected chi connectivity index (χ3v) is 4.93. The standard InChI is InChI=1S/C18H17F3N4O2S/c1-25-14(6-7-22-25)16(26)24-17-13(10-27-2)23-15(28-17)9-11-4-3-5-12(8-11)18(19,20)21/h3-8H,9-10H2,1-2H3,(H,24,26). The van der Waals surface area contributed by atoms with Gasteiger partial charge in [0.1, 0.15) is 16.4 Å². The number of hydrogen-bond acceptors (Lipinski definition) is 5. The lowest BCUT2D eigenvalue weighted by Crippen LogP contribution is -2.16. The summed E-state index contributed by atoms with van der Waals surface area (Å²) >= 11 is 1.21. The number of benzene rings is 1. The van der Waals surface area contributed by atoms with Gasteiger partial charge in [-0.05, 0) is 17.7 Å². The molecule has 148 valence electrons. The van der Waals surface area contributed by atoms with Crippen LogP contribution in [0.5, 0.6) is 0 Å². The number of amides is 1. The Hall–Kier alpha value is -2.72. The minimum atomic E-state index is -4.40. The number of ether oxygens (including phenoxy) is 1. The van der Waals surface area contributed by atoms with Crippen LogP contribution in [0.1, 0.15) is 32.3 Å². The lowest BCUT2D eigenvalue weighted by Gasteiger charge is -2.07. The fourth-order valence-corrected chi connectivity index (χ4v) is 3.60. The Kier molecular flexibility index (Phi) is 5.80. The number of aromatic nitrogens is 3. The van der Waals surface area contributed by atoms with Gasteiger partial charge in [-0.1, -0.05) is 18.2 Å². The first kappa shape index (κ1) is 20.0. The molecule has 0 unspecified atom stereocenters. The first-order valence-corrected chi connectivity index (χ1v) is 9.02. The molecule has 0 aliphatic carbocycles. The summed E-state index contributed by atoms with van der Waals surface area (Å²) in [6.07, 6.45) is -2.67. The Bertz CT molecular complexity index is 981. The maximum Gasteiger partial charge on any atom is 0.416 e. The zero-order valence-corrected chi connectivity index (χ0v) is 15.9. The molecule has 0 radical (unpaired) electrons. The average molecular weight is 410 g/mol. The van der Waals surface area contributed by atoms with E-state index in [1.165, 1.54) is 35.4 Å². The van der Waals surface area contributed by atoms with Gasteiger partial charge in [0, 0.05) is 26.8 Å². The van der Waals surface area contributed by atoms with Crippen molar-refractivity contribution in [3.05, 3.63) is 64.1 Å². The fraction of sp³-hybridized carbons (Fsp3) is 0.278. The summed E-state index contributed by atoms with van der Waals surface area (Å²) in [5.41, 5.74) is 0.668. The summed E-state index contributed by atoms with van der Waals surface area (Å²) in [6, 6.07) is 6.69. The highest BCUT2D eigenvalue weighted by molar-refractivity contribution is 7.16. The van der Waals surface area contributed by atoms with Crippen LogP contribution < -0.4 is 5.32 Å². The minimum Gasteiger partial charge on any atom is -0.378 e. The maximum atomic E-state index is 12.9. The molecular formula is C18H17F3N4O2S. The molecule has 0 fully saturated rings. The zero-order valence-electron chi connectivity index (χ0n) is 15.1. The number of alkyl halides is 3. The molecule has 2 heterocycles. The Morgan fingerprint density at radius 3 is 2.75 bits per heavy atom. The molecule has 28 heavy (non-hydrogen) atoms. The number of hydrogen-bond donors (Lipinski definition) is 1. The van der Waals surface area contributed by atoms with E-state index in [0.717, 1.165) is 12.1 Å². The Labute approximate surface area is 163 Å². The molecule has 0 bridgehead atoms. The van der Waals surface area contributed by atoms with Crippen LogP contribution in [0.4, 0.5) is 18.2 Å². The number of nitrogens with one attached hydrogen (secondary N) is 1. The van der Waals surface area contributed by atoms with Crippen LogP contribution in [0.2, 0.25) is 0 Å². The second-order valence-corrected chi connectivity index (χ2v) is 7.07. The van der Waals surface area contributed by atoms with Crippen LogP contribution in [0.25, 0.3) is 0 Å². The number of carbonyl (C=O) groups is 1. The van der Waals surface area contributed by atoms with Crippen molar-refractivity contribution in [2.24, 2.45) is 7.05 Å². The largest absolute Gasteiger partial charge is 0.416 e. The van der Waals surface area contributed by atoms with Gasteiger partial charge in [-0.2, -0.15) is 18.3 Å². The molecule has 3 rings (SSSR count). The second-order valence-electron chi connectivity index (χ2n) is 5.99. The quantitative estimate of drug-likeness (QED) is 0.670. The highest BCUT2D eigenvalue weighted by Crippen LogP contribution is 2.31. The van der Waals surface area contributed by atoms with Crippen molar-refractivity contribution in [2.75, 3.05) is 12.4 Å². The van der Waals surface area contributed by atoms with Crippen LogP contribution in [0.3, 0.4) is 0 Å². The molecule has 1 amide bonds. The summed E-state index contributed by atoms with van der Waals surface area (Å²) in [4.78, 5) is 16.8. The Morgan fingerprint density at radius 1 is 1.32 bits per heavy atom. The van der Waals surface area contributed by atoms with Crippen LogP contribution in [-0.2, 0) is 31.0 Å². The summed E-state index contributed by atoms with van der Waals surface area (Å²) in [5, 5.41) is 7.80. The molecule has 0 aliphatic rings. The summed E-state index contributed by atoms with van der Waals surface area (Å²) in [7, 11) is 3.15. The number of nitrogens with zero attached hydrogens (tertiary/aromatic N) is 3. The van der Waals surface area contributed by atoms with E-state index in [-0.39, 0.29) is 18.9 Å². The van der Waals surface area contributed by atoms with E-state index < -0.39 is 11.7 Å². The molecular weight excluding hydrogens is 393 g/mol. The predicted octanol–water partition coefficient (Wildman–Crippen LogP) is 3.88. The molecule has 10 heteroatoms. The first-order valence-electron chi connectivity index (χ1n) is 8.21. The molecule has 3 aromatic rings. The molecule has 0 saturated heterocycles. The predicted molar refractivity (Wildman–Crippen MR) is 98.2 cm³/mol. The van der Waals surface area contributed by atoms with Crippen molar-refractivity contribution >= 4 is 22.2 Å². The van der Waals surface area contributed by atoms with Gasteiger partial charge in [-0.15, -0.1) is 11.3 Å². The van der Waals surface area contributed by atoms with Crippen LogP contribution >= 0.6 is 11.3 Å². The zero-order chi connectivity index (χ0) is 20.3. The molecule has 1 N–H and O–H groups in total. The number of rotatable bonds is 6. The molecule has 2 aromatic heterocycles. The van der Waals surface area contributed by atoms with E-state index in [2.05, 4.69) is 15.4 Å². The lowest BCUT2D eigenvalue weighted by atomic mass is 10.1. The highest BCUT2D eigenvalue weighted by atomic mass is 32.1. The second kappa shape index (κ2) is 8.11. The molecule has 1 aromatic carbocycles. The lowest BCUT2D eigenvalue weighted by molar-refractivity contribution is -0.137. The van der Waals surface area contributed by atoms with Crippen molar-refractivity contribution in [3.63, 3.8) is 0 Å². The van der Waals surface area contributed by atoms with E-state index in [1.54, 1.807) is 19.2 Å². The van der Waals surface area contributed by atoms with Gasteiger partial charge in [0.15, 0.2) is 0 Å². The van der Waals surface area contributed by atoms with Crippen molar-refractivity contribution in [3.8, 4) is 0 Å². The summed E-state index contributed by atoms with van der Waals surface area (Å²) < 4.78 is 45.3. The number of anilines is 1. The smallest absolute Gasteiger partial charge is 0.378 e. The average Bonchev–Trinajstić information content (AvgIpc) is 3.21. The van der Waals surface area contributed by atoms with E-state index in [0.29, 0.717) is 27.0 Å². The van der Waals surface area contributed by atoms with Gasteiger partial charge in [-0.3, -0.25) is 9.48 Å². The fourth-order valence-electron chi connectivity index (χ4n) is 2.60. The number of carbonyl (C=O) groups excluding carboxylic acids is 1. The van der Waals surface area contributed by atoms with Crippen LogP contribution in [0.15, 0.2) is 36.5 Å². The first-order chi connectivity index (χ1) is 13.3. The Balaban J connectivity index is 1.83. The van der Waals surface area contributed by atoms with E-state index in [9.17, 15) is 18.0 Å². The highest BCUT2D eigenvalue weighted by Gasteiger charge is 2.30. The number of aryl methyl sites for hydroxylation is 1. The van der Waals surface area contributed by atoms with Crippen molar-refractivity contribution in [2.45, 2.75) is 19.2 Å². The van der Waals surface area contributed by atoms with Crippen LogP contribution in [0, 0.1) is 0 Å². The van der Waals surface area contributed by atoms with Gasteiger partial charge in [0.2, 0.25) is 0 Å². The summed E-state index contributed by atoms with van der Waals surface area (Å²) in [6.45, 7) is 0.167. The van der Waals surface area contributed by atoms with Gasteiger partial charge in [0.05, 0.1) is 17.2 Å². The van der Waals surface area contributed by atoms with Crippen LogP contribution in [-0.4, -0.2) is 27.8 Å². The molecule has 0 saturated carbocycles. The third kappa shape index (κ3) is 4.57. The number of methoxy groups -OCH3 is 1. The number of halogens is 3. The van der Waals surface area contributed by atoms with Gasteiger partial charge >= 0.3 is 6.18 Å². The maximum absolute atomic E-state index is 12.9. The Morgan fingerprint density at radius 2 is 2.11 bits per heavy atom. The topological polar surface area (TPSA) is 69.0 Å². The third-order valence-electron chi connectivity index (χ3n) is 3.91. The monoisotopic (exact) mass is 410 g/mol. The van der Waals surface area contributed by atoms with Crippen molar-refractivity contribution in [1.82, 2.24) is 14.8 Å². The molecule has 0 atom stereocenters. The SMILES string of the molecule is COCc1nc(Cc2cccc(C(F)(F)F)c2)sc1NC(=O)c1ccnn1C. The van der Waals surface area contributed by atoms with Crippen molar-refractivity contribution in [1.29, 1.82) is 0 Å². The number of thiazole rings is 1. The molecule has 6 nitrogen and oxygen atoms in total. The summed E-state index contributed by atoms with van der Waals surface area (Å²) in [5.74, 6) is -0.355. The van der Waals surface area contributed by atoms with Gasteiger partial charge in [-0.25, -0.2) is 4.98 Å². The van der Waals surface area contributed by atoms with Crippen molar-refractivity contribution < 1.29 is 22.7 Å². The van der Waals surface area contributed by atoms with Gasteiger partial charge in [0.25, 0.3) is 5.91 Å². The normalized spacial score (nSPS) is 11.6. The molecule has 0 spiro atoms. The van der Waals surface area contributed by atoms with E-state index >= 15 is 0 Å². The van der Waals surface area contributed by atoms with E-state index in [1.807, 2.05) is 0 Å². The van der Waals surface area contributed by atoms with E-state index in [4.69, 9.17) is 4.74 Å². The van der Waals surface area contributed by atoms with Gasteiger partial charge < -0.3 is 10.1 Å². The molecule has 0 aliphatic heterocycles.